The number of nitrogens with one attached hydrogen (secondary N) is 1. The second kappa shape index (κ2) is 9.39. The number of likely N-dealkylation sites (N-methyl/N-ethyl adjacent to an activating group) is 1. The molecule has 2 fully saturated rings. The minimum Gasteiger partial charge on any atom is -0.507 e. The molecule has 204 valence electrons. The highest BCUT2D eigenvalue weighted by Crippen LogP contribution is 2.55. The van der Waals surface area contributed by atoms with E-state index in [2.05, 4.69) is 5.32 Å². The van der Waals surface area contributed by atoms with Crippen molar-refractivity contribution >= 4 is 35.0 Å². The first kappa shape index (κ1) is 27.6. The summed E-state index contributed by atoms with van der Waals surface area (Å²) >= 11 is 0. The van der Waals surface area contributed by atoms with Gasteiger partial charge in [-0.1, -0.05) is 32.9 Å². The monoisotopic (exact) mass is 528 g/mol. The molecule has 3 aliphatic rings. The van der Waals surface area contributed by atoms with E-state index >= 15 is 0 Å². The zero-order chi connectivity index (χ0) is 28.4. The van der Waals surface area contributed by atoms with Crippen LogP contribution in [0, 0.1) is 29.6 Å². The number of nitrogens with zero attached hydrogens (tertiary/aromatic N) is 1. The van der Waals surface area contributed by atoms with Gasteiger partial charge >= 0.3 is 5.97 Å². The molecule has 0 saturated heterocycles. The average molecular weight is 529 g/mol. The molecule has 8 atom stereocenters. The quantitative estimate of drug-likeness (QED) is 0.354. The third kappa shape index (κ3) is 3.63. The molecule has 3 N–H and O–H groups in total. The van der Waals surface area contributed by atoms with Crippen LogP contribution in [0.25, 0.3) is 0 Å². The molecular weight excluding hydrogens is 496 g/mol. The normalized spacial score (nSPS) is 34.5. The molecule has 0 bridgehead atoms. The number of ketones is 4. The highest BCUT2D eigenvalue weighted by atomic mass is 16.5. The Hall–Kier alpha value is -3.44. The second-order valence-electron chi connectivity index (χ2n) is 10.9. The molecule has 11 heteroatoms. The maximum absolute atomic E-state index is 14.1. The van der Waals surface area contributed by atoms with Crippen molar-refractivity contribution in [1.29, 1.82) is 0 Å². The van der Waals surface area contributed by atoms with Crippen LogP contribution < -0.4 is 5.32 Å². The van der Waals surface area contributed by atoms with Gasteiger partial charge in [-0.2, -0.15) is 0 Å². The smallest absolute Gasteiger partial charge is 0.308 e. The summed E-state index contributed by atoms with van der Waals surface area (Å²) in [6.45, 7) is 4.84. The van der Waals surface area contributed by atoms with Crippen LogP contribution in [0.15, 0.2) is 18.2 Å². The summed E-state index contributed by atoms with van der Waals surface area (Å²) in [7, 11) is 4.18. The number of aromatic hydroxyl groups is 1. The van der Waals surface area contributed by atoms with Crippen molar-refractivity contribution < 1.29 is 43.7 Å². The minimum atomic E-state index is -2.99. The summed E-state index contributed by atoms with van der Waals surface area (Å²) in [5.74, 6) is -13.9. The van der Waals surface area contributed by atoms with Crippen molar-refractivity contribution in [2.24, 2.45) is 29.6 Å². The lowest BCUT2D eigenvalue weighted by Crippen LogP contribution is -2.78. The van der Waals surface area contributed by atoms with Crippen LogP contribution in [0.5, 0.6) is 5.75 Å². The standard InChI is InChI=1S/C27H32N2O9/c1-10(2)26(36)38-22-14-11(3)12-8-7-9-13(30)15(12)20(31)16(14)23(33)27(37)18(22)19(29(5)6)21(32)17(24(27)34)25(35)28-4/h7-11,14,16-19,22,30,37H,1-6H3,(H,28,35)/t11-,14+,16?,17?,18+,19-,22-,27-/m0/s1. The number of aliphatic hydroxyl groups is 1. The predicted molar refractivity (Wildman–Crippen MR) is 131 cm³/mol. The van der Waals surface area contributed by atoms with Gasteiger partial charge in [-0.05, 0) is 31.6 Å². The van der Waals surface area contributed by atoms with Crippen molar-refractivity contribution in [3.05, 3.63) is 29.3 Å². The van der Waals surface area contributed by atoms with Crippen LogP contribution >= 0.6 is 0 Å². The fraction of sp³-hybridized carbons (Fsp3) is 0.556. The number of amides is 1. The van der Waals surface area contributed by atoms with Crippen molar-refractivity contribution in [3.8, 4) is 5.75 Å². The summed E-state index contributed by atoms with van der Waals surface area (Å²) in [5, 5.41) is 24.7. The fourth-order valence-corrected chi connectivity index (χ4v) is 6.46. The van der Waals surface area contributed by atoms with Gasteiger partial charge in [0.15, 0.2) is 34.7 Å². The molecule has 11 nitrogen and oxygen atoms in total. The van der Waals surface area contributed by atoms with Crippen molar-refractivity contribution in [1.82, 2.24) is 10.2 Å². The van der Waals surface area contributed by atoms with Crippen LogP contribution in [-0.4, -0.2) is 89.0 Å². The highest BCUT2D eigenvalue weighted by molar-refractivity contribution is 6.32. The molecule has 0 spiro atoms. The Morgan fingerprint density at radius 2 is 1.74 bits per heavy atom. The molecule has 38 heavy (non-hydrogen) atoms. The molecule has 0 aliphatic heterocycles. The molecule has 0 radical (unpaired) electrons. The minimum absolute atomic E-state index is 0.114. The molecule has 1 aromatic rings. The Labute approximate surface area is 219 Å². The van der Waals surface area contributed by atoms with Gasteiger partial charge in [0.25, 0.3) is 0 Å². The Morgan fingerprint density at radius 3 is 2.29 bits per heavy atom. The van der Waals surface area contributed by atoms with Gasteiger partial charge in [0.2, 0.25) is 5.91 Å². The van der Waals surface area contributed by atoms with E-state index in [1.807, 2.05) is 0 Å². The maximum atomic E-state index is 14.1. The number of hydrogen-bond donors (Lipinski definition) is 3. The summed E-state index contributed by atoms with van der Waals surface area (Å²) < 4.78 is 5.87. The molecular formula is C27H32N2O9. The number of fused-ring (bicyclic) bond motifs is 3. The van der Waals surface area contributed by atoms with Gasteiger partial charge in [-0.15, -0.1) is 0 Å². The zero-order valence-corrected chi connectivity index (χ0v) is 22.1. The number of Topliss-reactive ketones (excluding diaryl/α,β-unsaturated/α-hetero) is 4. The Kier molecular flexibility index (Phi) is 6.82. The van der Waals surface area contributed by atoms with Gasteiger partial charge in [0.05, 0.1) is 29.4 Å². The van der Waals surface area contributed by atoms with Gasteiger partial charge in [-0.3, -0.25) is 33.7 Å². The third-order valence-electron chi connectivity index (χ3n) is 8.27. The van der Waals surface area contributed by atoms with Crippen LogP contribution in [0.2, 0.25) is 0 Å². The fourth-order valence-electron chi connectivity index (χ4n) is 6.46. The first-order valence-corrected chi connectivity index (χ1v) is 12.5. The molecule has 0 heterocycles. The first-order chi connectivity index (χ1) is 17.7. The van der Waals surface area contributed by atoms with Crippen LogP contribution in [0.3, 0.4) is 0 Å². The molecule has 1 amide bonds. The van der Waals surface area contributed by atoms with Gasteiger partial charge < -0.3 is 20.3 Å². The molecule has 1 aromatic carbocycles. The van der Waals surface area contributed by atoms with E-state index in [0.29, 0.717) is 5.56 Å². The lowest BCUT2D eigenvalue weighted by atomic mass is 9.49. The number of rotatable bonds is 4. The van der Waals surface area contributed by atoms with Gasteiger partial charge in [-0.25, -0.2) is 0 Å². The lowest BCUT2D eigenvalue weighted by molar-refractivity contribution is -0.206. The zero-order valence-electron chi connectivity index (χ0n) is 22.1. The topological polar surface area (TPSA) is 167 Å². The van der Waals surface area contributed by atoms with Crippen LogP contribution in [0.1, 0.15) is 42.6 Å². The van der Waals surface area contributed by atoms with E-state index in [0.717, 1.165) is 0 Å². The third-order valence-corrected chi connectivity index (χ3v) is 8.27. The number of phenolic OH excluding ortho intramolecular Hbond substituents is 1. The Morgan fingerprint density at radius 1 is 1.11 bits per heavy atom. The number of benzene rings is 1. The van der Waals surface area contributed by atoms with E-state index in [1.54, 1.807) is 32.9 Å². The van der Waals surface area contributed by atoms with E-state index in [4.69, 9.17) is 4.74 Å². The summed E-state index contributed by atoms with van der Waals surface area (Å²) in [6.07, 6.45) is -1.42. The molecule has 4 rings (SSSR count). The summed E-state index contributed by atoms with van der Waals surface area (Å²) in [5.41, 5.74) is -2.68. The Balaban J connectivity index is 2.02. The average Bonchev–Trinajstić information content (AvgIpc) is 2.85. The van der Waals surface area contributed by atoms with E-state index < -0.39 is 88.3 Å². The number of hydrogen-bond acceptors (Lipinski definition) is 10. The van der Waals surface area contributed by atoms with Crippen molar-refractivity contribution in [2.75, 3.05) is 21.1 Å². The van der Waals surface area contributed by atoms with Crippen LogP contribution in [0.4, 0.5) is 0 Å². The molecule has 3 aliphatic carbocycles. The lowest BCUT2D eigenvalue weighted by Gasteiger charge is -2.56. The highest BCUT2D eigenvalue weighted by Gasteiger charge is 2.74. The number of esters is 1. The molecule has 0 aromatic heterocycles. The largest absolute Gasteiger partial charge is 0.507 e. The van der Waals surface area contributed by atoms with E-state index in [-0.39, 0.29) is 11.3 Å². The van der Waals surface area contributed by atoms with Crippen molar-refractivity contribution in [3.63, 3.8) is 0 Å². The van der Waals surface area contributed by atoms with Crippen LogP contribution in [-0.2, 0) is 28.7 Å². The number of phenols is 1. The van der Waals surface area contributed by atoms with Gasteiger partial charge in [0, 0.05) is 13.0 Å². The number of ether oxygens (including phenoxy) is 1. The first-order valence-electron chi connectivity index (χ1n) is 12.5. The maximum Gasteiger partial charge on any atom is 0.308 e. The SMILES string of the molecule is CNC(=O)C1C(=O)[C@@H](N(C)C)[C@@H]2[C@@H](OC(=O)C(C)C)[C@H]3C(C(=O)c4c(O)cccc4[C@@H]3C)C(=O)[C@]2(O)C1=O. The predicted octanol–water partition coefficient (Wildman–Crippen LogP) is -0.134. The second-order valence-corrected chi connectivity index (χ2v) is 10.9. The van der Waals surface area contributed by atoms with E-state index in [9.17, 15) is 39.0 Å². The summed E-state index contributed by atoms with van der Waals surface area (Å²) in [6, 6.07) is 3.07. The number of carbonyl (C=O) groups excluding carboxylic acids is 6. The van der Waals surface area contributed by atoms with Gasteiger partial charge in [0.1, 0.15) is 11.9 Å². The Bertz CT molecular complexity index is 1250. The molecule has 2 unspecified atom stereocenters. The van der Waals surface area contributed by atoms with Crippen molar-refractivity contribution in [2.45, 2.75) is 44.4 Å². The van der Waals surface area contributed by atoms with E-state index in [1.165, 1.54) is 32.1 Å². The number of carbonyl (C=O) groups is 6. The summed E-state index contributed by atoms with van der Waals surface area (Å²) in [4.78, 5) is 82.2. The molecule has 2 saturated carbocycles.